The van der Waals surface area contributed by atoms with E-state index in [1.54, 1.807) is 44.2 Å². The molecule has 0 radical (unpaired) electrons. The molecular formula is C24H30Cl3N3O4S. The molecule has 2 amide bonds. The topological polar surface area (TPSA) is 86.8 Å². The van der Waals surface area contributed by atoms with Gasteiger partial charge in [0.05, 0.1) is 22.0 Å². The molecule has 2 aromatic rings. The molecule has 0 bridgehead atoms. The van der Waals surface area contributed by atoms with Crippen LogP contribution in [0.2, 0.25) is 15.1 Å². The van der Waals surface area contributed by atoms with Crippen LogP contribution in [0.25, 0.3) is 0 Å². The zero-order chi connectivity index (χ0) is 26.3. The van der Waals surface area contributed by atoms with Crippen molar-refractivity contribution in [2.75, 3.05) is 23.7 Å². The first-order chi connectivity index (χ1) is 16.4. The number of hydrogen-bond donors (Lipinski definition) is 1. The van der Waals surface area contributed by atoms with Crippen LogP contribution in [0.3, 0.4) is 0 Å². The molecule has 2 rings (SSSR count). The van der Waals surface area contributed by atoms with Crippen molar-refractivity contribution in [3.8, 4) is 0 Å². The molecule has 0 aliphatic rings. The second kappa shape index (κ2) is 12.8. The summed E-state index contributed by atoms with van der Waals surface area (Å²) in [5.74, 6) is -0.855. The first-order valence-electron chi connectivity index (χ1n) is 11.1. The number of sulfonamides is 1. The Bertz CT molecular complexity index is 1170. The van der Waals surface area contributed by atoms with Crippen LogP contribution < -0.4 is 9.62 Å². The van der Waals surface area contributed by atoms with E-state index >= 15 is 0 Å². The number of carbonyl (C=O) groups is 2. The average molecular weight is 563 g/mol. The monoisotopic (exact) mass is 561 g/mol. The van der Waals surface area contributed by atoms with E-state index in [0.29, 0.717) is 44.8 Å². The van der Waals surface area contributed by atoms with Gasteiger partial charge in [0, 0.05) is 18.1 Å². The SMILES string of the molecule is CCCNC(=O)[C@@H](CC)N(Cc1ccc(Cl)c(Cl)c1)C(=O)CN(c1cc(Cl)ccc1C)S(C)(=O)=O. The first-order valence-corrected chi connectivity index (χ1v) is 14.1. The van der Waals surface area contributed by atoms with Gasteiger partial charge in [0.1, 0.15) is 12.6 Å². The van der Waals surface area contributed by atoms with E-state index < -0.39 is 28.5 Å². The number of nitrogens with one attached hydrogen (secondary N) is 1. The highest BCUT2D eigenvalue weighted by Gasteiger charge is 2.32. The van der Waals surface area contributed by atoms with Gasteiger partial charge in [0.2, 0.25) is 21.8 Å². The summed E-state index contributed by atoms with van der Waals surface area (Å²) in [5.41, 5.74) is 1.59. The van der Waals surface area contributed by atoms with Crippen LogP contribution in [0.5, 0.6) is 0 Å². The lowest BCUT2D eigenvalue weighted by molar-refractivity contribution is -0.140. The summed E-state index contributed by atoms with van der Waals surface area (Å²) in [5, 5.41) is 3.84. The molecule has 11 heteroatoms. The van der Waals surface area contributed by atoms with Gasteiger partial charge in [-0.1, -0.05) is 60.8 Å². The maximum atomic E-state index is 13.7. The van der Waals surface area contributed by atoms with E-state index in [1.807, 2.05) is 6.92 Å². The van der Waals surface area contributed by atoms with Crippen molar-refractivity contribution in [3.05, 3.63) is 62.6 Å². The summed E-state index contributed by atoms with van der Waals surface area (Å²) in [6.07, 6.45) is 2.09. The number of aryl methyl sites for hydroxylation is 1. The summed E-state index contributed by atoms with van der Waals surface area (Å²) >= 11 is 18.3. The molecule has 0 fully saturated rings. The van der Waals surface area contributed by atoms with Gasteiger partial charge in [-0.25, -0.2) is 8.42 Å². The van der Waals surface area contributed by atoms with E-state index in [-0.39, 0.29) is 12.5 Å². The van der Waals surface area contributed by atoms with E-state index in [9.17, 15) is 18.0 Å². The second-order valence-electron chi connectivity index (χ2n) is 8.19. The zero-order valence-electron chi connectivity index (χ0n) is 20.1. The lowest BCUT2D eigenvalue weighted by atomic mass is 10.1. The third-order valence-corrected chi connectivity index (χ3v) is 7.49. The van der Waals surface area contributed by atoms with Crippen molar-refractivity contribution in [3.63, 3.8) is 0 Å². The molecule has 0 spiro atoms. The Morgan fingerprint density at radius 3 is 2.29 bits per heavy atom. The fourth-order valence-electron chi connectivity index (χ4n) is 3.57. The third kappa shape index (κ3) is 8.00. The fourth-order valence-corrected chi connectivity index (χ4v) is 4.95. The van der Waals surface area contributed by atoms with Crippen molar-refractivity contribution in [2.24, 2.45) is 0 Å². The van der Waals surface area contributed by atoms with Gasteiger partial charge >= 0.3 is 0 Å². The predicted molar refractivity (Wildman–Crippen MR) is 143 cm³/mol. The van der Waals surface area contributed by atoms with Crippen LogP contribution in [0.15, 0.2) is 36.4 Å². The largest absolute Gasteiger partial charge is 0.354 e. The summed E-state index contributed by atoms with van der Waals surface area (Å²) in [6, 6.07) is 8.95. The summed E-state index contributed by atoms with van der Waals surface area (Å²) in [4.78, 5) is 28.0. The Kier molecular flexibility index (Phi) is 10.7. The smallest absolute Gasteiger partial charge is 0.244 e. The Hall–Kier alpha value is -2.00. The van der Waals surface area contributed by atoms with Crippen LogP contribution in [0, 0.1) is 6.92 Å². The Morgan fingerprint density at radius 1 is 1.03 bits per heavy atom. The van der Waals surface area contributed by atoms with Crippen molar-refractivity contribution in [1.29, 1.82) is 0 Å². The molecular weight excluding hydrogens is 533 g/mol. The van der Waals surface area contributed by atoms with E-state index in [2.05, 4.69) is 5.32 Å². The van der Waals surface area contributed by atoms with Gasteiger partial charge < -0.3 is 10.2 Å². The van der Waals surface area contributed by atoms with Crippen LogP contribution in [0.1, 0.15) is 37.8 Å². The molecule has 1 N–H and O–H groups in total. The first kappa shape index (κ1) is 29.2. The van der Waals surface area contributed by atoms with E-state index in [4.69, 9.17) is 34.8 Å². The maximum absolute atomic E-state index is 13.7. The number of hydrogen-bond acceptors (Lipinski definition) is 4. The summed E-state index contributed by atoms with van der Waals surface area (Å²) in [7, 11) is -3.85. The molecule has 192 valence electrons. The van der Waals surface area contributed by atoms with Crippen molar-refractivity contribution in [1.82, 2.24) is 10.2 Å². The van der Waals surface area contributed by atoms with Crippen LogP contribution in [-0.2, 0) is 26.2 Å². The minimum atomic E-state index is -3.85. The highest BCUT2D eigenvalue weighted by Crippen LogP contribution is 2.28. The van der Waals surface area contributed by atoms with Gasteiger partial charge in [-0.3, -0.25) is 13.9 Å². The Balaban J connectivity index is 2.49. The molecule has 0 aliphatic heterocycles. The van der Waals surface area contributed by atoms with Gasteiger partial charge in [-0.05, 0) is 55.2 Å². The van der Waals surface area contributed by atoms with Crippen LogP contribution >= 0.6 is 34.8 Å². The maximum Gasteiger partial charge on any atom is 0.244 e. The number of anilines is 1. The van der Waals surface area contributed by atoms with Gasteiger partial charge in [0.25, 0.3) is 0 Å². The Labute approximate surface area is 222 Å². The van der Waals surface area contributed by atoms with Crippen LogP contribution in [0.4, 0.5) is 5.69 Å². The highest BCUT2D eigenvalue weighted by atomic mass is 35.5. The van der Waals surface area contributed by atoms with Gasteiger partial charge in [-0.15, -0.1) is 0 Å². The van der Waals surface area contributed by atoms with Crippen molar-refractivity contribution < 1.29 is 18.0 Å². The molecule has 0 aromatic heterocycles. The van der Waals surface area contributed by atoms with Crippen molar-refractivity contribution in [2.45, 2.75) is 46.2 Å². The van der Waals surface area contributed by atoms with Crippen molar-refractivity contribution >= 4 is 62.3 Å². The number of benzene rings is 2. The predicted octanol–water partition coefficient (Wildman–Crippen LogP) is 5.05. The molecule has 0 heterocycles. The second-order valence-corrected chi connectivity index (χ2v) is 11.3. The quantitative estimate of drug-likeness (QED) is 0.415. The van der Waals surface area contributed by atoms with Gasteiger partial charge in [-0.2, -0.15) is 0 Å². The summed E-state index contributed by atoms with van der Waals surface area (Å²) in [6.45, 7) is 5.45. The summed E-state index contributed by atoms with van der Waals surface area (Å²) < 4.78 is 26.4. The van der Waals surface area contributed by atoms with E-state index in [0.717, 1.165) is 17.0 Å². The Morgan fingerprint density at radius 2 is 1.71 bits per heavy atom. The molecule has 0 aliphatic carbocycles. The average Bonchev–Trinajstić information content (AvgIpc) is 2.79. The van der Waals surface area contributed by atoms with Crippen LogP contribution in [-0.4, -0.2) is 50.5 Å². The molecule has 7 nitrogen and oxygen atoms in total. The normalized spacial score (nSPS) is 12.2. The molecule has 35 heavy (non-hydrogen) atoms. The molecule has 0 saturated carbocycles. The third-order valence-electron chi connectivity index (χ3n) is 5.39. The standard InChI is InChI=1S/C24H30Cl3N3O4S/c1-5-11-28-24(32)21(6-2)29(14-17-8-10-19(26)20(27)12-17)23(31)15-30(35(4,33)34)22-13-18(25)9-7-16(22)3/h7-10,12-13,21H,5-6,11,14-15H2,1-4H3,(H,28,32)/t21-/m1/s1. The van der Waals surface area contributed by atoms with Gasteiger partial charge in [0.15, 0.2) is 0 Å². The molecule has 2 aromatic carbocycles. The number of carbonyl (C=O) groups excluding carboxylic acids is 2. The molecule has 0 saturated heterocycles. The fraction of sp³-hybridized carbons (Fsp3) is 0.417. The van der Waals surface area contributed by atoms with E-state index in [1.165, 1.54) is 11.0 Å². The lowest BCUT2D eigenvalue weighted by Crippen LogP contribution is -2.52. The minimum absolute atomic E-state index is 0.0416. The zero-order valence-corrected chi connectivity index (χ0v) is 23.2. The number of nitrogens with zero attached hydrogens (tertiary/aromatic N) is 2. The number of amides is 2. The minimum Gasteiger partial charge on any atom is -0.354 e. The lowest BCUT2D eigenvalue weighted by Gasteiger charge is -2.33. The number of halogens is 3. The highest BCUT2D eigenvalue weighted by molar-refractivity contribution is 7.92. The number of rotatable bonds is 11. The molecule has 0 unspecified atom stereocenters. The molecule has 1 atom stereocenters.